The molecule has 0 radical (unpaired) electrons. The number of carbonyl (C=O) groups is 1. The van der Waals surface area contributed by atoms with Crippen LogP contribution in [0.15, 0.2) is 24.3 Å². The van der Waals surface area contributed by atoms with E-state index in [1.54, 1.807) is 31.4 Å². The number of benzene rings is 1. The average Bonchev–Trinajstić information content (AvgIpc) is 2.17. The van der Waals surface area contributed by atoms with Crippen LogP contribution in [0, 0.1) is 11.3 Å². The molecule has 0 aliphatic carbocycles. The van der Waals surface area contributed by atoms with Crippen LogP contribution in [0.4, 0.5) is 4.79 Å². The van der Waals surface area contributed by atoms with Gasteiger partial charge in [-0.15, -0.1) is 0 Å². The lowest BCUT2D eigenvalue weighted by atomic mass is 10.2. The summed E-state index contributed by atoms with van der Waals surface area (Å²) in [5, 5.41) is 22.4. The predicted molar refractivity (Wildman–Crippen MR) is 48.4 cm³/mol. The van der Waals surface area contributed by atoms with E-state index in [4.69, 9.17) is 25.0 Å². The summed E-state index contributed by atoms with van der Waals surface area (Å²) < 4.78 is 4.90. The van der Waals surface area contributed by atoms with Crippen LogP contribution < -0.4 is 4.74 Å². The van der Waals surface area contributed by atoms with E-state index in [-0.39, 0.29) is 0 Å². The molecule has 0 heterocycles. The SMILES string of the molecule is COc1ccc(C#N)cc1.O=C(O)O. The molecule has 0 aliphatic heterocycles. The monoisotopic (exact) mass is 195 g/mol. The van der Waals surface area contributed by atoms with Gasteiger partial charge in [0.15, 0.2) is 0 Å². The van der Waals surface area contributed by atoms with Crippen molar-refractivity contribution < 1.29 is 19.7 Å². The lowest BCUT2D eigenvalue weighted by Crippen LogP contribution is -1.81. The van der Waals surface area contributed by atoms with Crippen molar-refractivity contribution in [3.05, 3.63) is 29.8 Å². The highest BCUT2D eigenvalue weighted by atomic mass is 16.6. The van der Waals surface area contributed by atoms with Crippen molar-refractivity contribution in [1.82, 2.24) is 0 Å². The third-order valence-corrected chi connectivity index (χ3v) is 1.22. The number of hydrogen-bond acceptors (Lipinski definition) is 3. The summed E-state index contributed by atoms with van der Waals surface area (Å²) in [7, 11) is 1.60. The van der Waals surface area contributed by atoms with Gasteiger partial charge in [0.25, 0.3) is 0 Å². The fourth-order valence-electron chi connectivity index (χ4n) is 0.666. The van der Waals surface area contributed by atoms with Crippen molar-refractivity contribution in [3.63, 3.8) is 0 Å². The van der Waals surface area contributed by atoms with Crippen molar-refractivity contribution in [1.29, 1.82) is 5.26 Å². The molecule has 0 unspecified atom stereocenters. The molecule has 0 spiro atoms. The largest absolute Gasteiger partial charge is 0.503 e. The Labute approximate surface area is 80.8 Å². The number of nitrogens with zero attached hydrogens (tertiary/aromatic N) is 1. The Bertz CT molecular complexity index is 322. The van der Waals surface area contributed by atoms with Gasteiger partial charge in [-0.25, -0.2) is 4.79 Å². The molecule has 1 aromatic carbocycles. The van der Waals surface area contributed by atoms with E-state index in [0.29, 0.717) is 5.56 Å². The molecule has 14 heavy (non-hydrogen) atoms. The molecule has 0 bridgehead atoms. The second-order valence-electron chi connectivity index (χ2n) is 2.12. The quantitative estimate of drug-likeness (QED) is 0.712. The minimum absolute atomic E-state index is 0.654. The molecule has 5 nitrogen and oxygen atoms in total. The molecule has 0 amide bonds. The van der Waals surface area contributed by atoms with Crippen LogP contribution in [-0.4, -0.2) is 23.5 Å². The molecule has 0 saturated heterocycles. The van der Waals surface area contributed by atoms with Gasteiger partial charge in [0.05, 0.1) is 18.7 Å². The summed E-state index contributed by atoms with van der Waals surface area (Å²) in [6.45, 7) is 0. The first-order valence-corrected chi connectivity index (χ1v) is 3.56. The normalized spacial score (nSPS) is 7.71. The van der Waals surface area contributed by atoms with Crippen molar-refractivity contribution in [2.45, 2.75) is 0 Å². The van der Waals surface area contributed by atoms with Gasteiger partial charge in [-0.05, 0) is 24.3 Å². The maximum absolute atomic E-state index is 8.56. The molecular weight excluding hydrogens is 186 g/mol. The van der Waals surface area contributed by atoms with Crippen LogP contribution in [0.25, 0.3) is 0 Å². The lowest BCUT2D eigenvalue weighted by Gasteiger charge is -1.96. The third-order valence-electron chi connectivity index (χ3n) is 1.22. The number of carboxylic acid groups (broad SMARTS) is 2. The van der Waals surface area contributed by atoms with E-state index < -0.39 is 6.16 Å². The molecular formula is C9H9NO4. The minimum Gasteiger partial charge on any atom is -0.497 e. The molecule has 0 saturated carbocycles. The number of hydrogen-bond donors (Lipinski definition) is 2. The van der Waals surface area contributed by atoms with Gasteiger partial charge in [0.2, 0.25) is 0 Å². The van der Waals surface area contributed by atoms with Gasteiger partial charge >= 0.3 is 6.16 Å². The Morgan fingerprint density at radius 3 is 2.07 bits per heavy atom. The Hall–Kier alpha value is -2.22. The third kappa shape index (κ3) is 5.43. The zero-order valence-corrected chi connectivity index (χ0v) is 7.47. The highest BCUT2D eigenvalue weighted by molar-refractivity contribution is 5.53. The fraction of sp³-hybridized carbons (Fsp3) is 0.111. The minimum atomic E-state index is -1.83. The number of nitriles is 1. The average molecular weight is 195 g/mol. The maximum Gasteiger partial charge on any atom is 0.503 e. The van der Waals surface area contributed by atoms with Crippen molar-refractivity contribution in [2.75, 3.05) is 7.11 Å². The van der Waals surface area contributed by atoms with E-state index in [1.807, 2.05) is 6.07 Å². The summed E-state index contributed by atoms with van der Waals surface area (Å²) in [6.07, 6.45) is -1.83. The molecule has 2 N–H and O–H groups in total. The van der Waals surface area contributed by atoms with Gasteiger partial charge < -0.3 is 14.9 Å². The van der Waals surface area contributed by atoms with Crippen LogP contribution in [0.5, 0.6) is 5.75 Å². The smallest absolute Gasteiger partial charge is 0.497 e. The zero-order valence-electron chi connectivity index (χ0n) is 7.47. The molecule has 0 fully saturated rings. The summed E-state index contributed by atoms with van der Waals surface area (Å²) in [6, 6.07) is 8.99. The maximum atomic E-state index is 8.56. The zero-order chi connectivity index (χ0) is 11.0. The van der Waals surface area contributed by atoms with Gasteiger partial charge in [0, 0.05) is 0 Å². The van der Waals surface area contributed by atoms with Gasteiger partial charge in [-0.2, -0.15) is 5.26 Å². The van der Waals surface area contributed by atoms with Crippen molar-refractivity contribution >= 4 is 6.16 Å². The van der Waals surface area contributed by atoms with E-state index in [2.05, 4.69) is 0 Å². The molecule has 1 aromatic rings. The predicted octanol–water partition coefficient (Wildman–Crippen LogP) is 1.79. The van der Waals surface area contributed by atoms with E-state index >= 15 is 0 Å². The molecule has 0 atom stereocenters. The number of rotatable bonds is 1. The summed E-state index contributed by atoms with van der Waals surface area (Å²) in [4.78, 5) is 8.56. The van der Waals surface area contributed by atoms with E-state index in [0.717, 1.165) is 5.75 Å². The van der Waals surface area contributed by atoms with Crippen LogP contribution in [0.2, 0.25) is 0 Å². The number of methoxy groups -OCH3 is 1. The number of ether oxygens (including phenoxy) is 1. The second kappa shape index (κ2) is 6.31. The van der Waals surface area contributed by atoms with Crippen molar-refractivity contribution in [2.24, 2.45) is 0 Å². The Morgan fingerprint density at radius 1 is 1.36 bits per heavy atom. The van der Waals surface area contributed by atoms with E-state index in [9.17, 15) is 0 Å². The van der Waals surface area contributed by atoms with E-state index in [1.165, 1.54) is 0 Å². The summed E-state index contributed by atoms with van der Waals surface area (Å²) >= 11 is 0. The first-order chi connectivity index (χ1) is 6.60. The summed E-state index contributed by atoms with van der Waals surface area (Å²) in [5.74, 6) is 0.777. The highest BCUT2D eigenvalue weighted by Gasteiger charge is 1.89. The lowest BCUT2D eigenvalue weighted by molar-refractivity contribution is 0.137. The van der Waals surface area contributed by atoms with Crippen LogP contribution in [0.1, 0.15) is 5.56 Å². The molecule has 0 aromatic heterocycles. The molecule has 1 rings (SSSR count). The van der Waals surface area contributed by atoms with Gasteiger partial charge in [0.1, 0.15) is 5.75 Å². The fourth-order valence-corrected chi connectivity index (χ4v) is 0.666. The van der Waals surface area contributed by atoms with Crippen molar-refractivity contribution in [3.8, 4) is 11.8 Å². The topological polar surface area (TPSA) is 90.5 Å². The second-order valence-corrected chi connectivity index (χ2v) is 2.12. The van der Waals surface area contributed by atoms with Crippen LogP contribution in [0.3, 0.4) is 0 Å². The molecule has 5 heteroatoms. The summed E-state index contributed by atoms with van der Waals surface area (Å²) in [5.41, 5.74) is 0.654. The first-order valence-electron chi connectivity index (χ1n) is 3.56. The highest BCUT2D eigenvalue weighted by Crippen LogP contribution is 2.09. The Balaban J connectivity index is 0.000000364. The van der Waals surface area contributed by atoms with Gasteiger partial charge in [-0.1, -0.05) is 0 Å². The molecule has 0 aliphatic rings. The Kier molecular flexibility index (Phi) is 5.31. The standard InChI is InChI=1S/C8H7NO.CH2O3/c1-10-8-4-2-7(6-9)3-5-8;2-1(3)4/h2-5H,1H3;(H2,2,3,4). The Morgan fingerprint density at radius 2 is 1.79 bits per heavy atom. The molecule has 74 valence electrons. The van der Waals surface area contributed by atoms with Gasteiger partial charge in [-0.3, -0.25) is 0 Å². The van der Waals surface area contributed by atoms with Crippen LogP contribution in [-0.2, 0) is 0 Å². The van der Waals surface area contributed by atoms with Crippen LogP contribution >= 0.6 is 0 Å². The first kappa shape index (κ1) is 11.8.